The van der Waals surface area contributed by atoms with Crippen LogP contribution in [-0.4, -0.2) is 10.1 Å². The van der Waals surface area contributed by atoms with Crippen molar-refractivity contribution in [3.8, 4) is 0 Å². The second-order valence-corrected chi connectivity index (χ2v) is 4.94. The van der Waals surface area contributed by atoms with Crippen molar-refractivity contribution in [1.82, 2.24) is 4.98 Å². The lowest BCUT2D eigenvalue weighted by molar-refractivity contribution is 0.162. The van der Waals surface area contributed by atoms with E-state index in [9.17, 15) is 5.11 Å². The van der Waals surface area contributed by atoms with Crippen LogP contribution >= 0.6 is 0 Å². The maximum atomic E-state index is 10.1. The summed E-state index contributed by atoms with van der Waals surface area (Å²) in [4.78, 5) is 4.67. The summed E-state index contributed by atoms with van der Waals surface area (Å²) in [7, 11) is 0. The van der Waals surface area contributed by atoms with Crippen LogP contribution in [0.4, 0.5) is 0 Å². The third-order valence-electron chi connectivity index (χ3n) is 3.68. The molecule has 17 heavy (non-hydrogen) atoms. The molecule has 0 radical (unpaired) electrons. The van der Waals surface area contributed by atoms with Crippen molar-refractivity contribution in [2.24, 2.45) is 0 Å². The average Bonchev–Trinajstić information content (AvgIpc) is 2.51. The van der Waals surface area contributed by atoms with E-state index in [0.29, 0.717) is 0 Å². The Hall–Kier alpha value is -1.41. The summed E-state index contributed by atoms with van der Waals surface area (Å²) in [6, 6.07) is 8.39. The fourth-order valence-corrected chi connectivity index (χ4v) is 2.68. The SMILES string of the molecule is Cc1cccc2nc3c(cc12)CCCCC3O. The van der Waals surface area contributed by atoms with Crippen molar-refractivity contribution >= 4 is 10.9 Å². The zero-order chi connectivity index (χ0) is 11.8. The number of rotatable bonds is 0. The van der Waals surface area contributed by atoms with Gasteiger partial charge in [0.15, 0.2) is 0 Å². The van der Waals surface area contributed by atoms with Crippen molar-refractivity contribution < 1.29 is 5.11 Å². The normalized spacial score (nSPS) is 20.0. The van der Waals surface area contributed by atoms with Gasteiger partial charge in [0.05, 0.1) is 17.3 Å². The zero-order valence-corrected chi connectivity index (χ0v) is 10.1. The number of benzene rings is 1. The number of hydrogen-bond acceptors (Lipinski definition) is 2. The lowest BCUT2D eigenvalue weighted by Crippen LogP contribution is -2.03. The predicted octanol–water partition coefficient (Wildman–Crippen LogP) is 3.30. The van der Waals surface area contributed by atoms with Gasteiger partial charge >= 0.3 is 0 Å². The molecule has 2 nitrogen and oxygen atoms in total. The third-order valence-corrected chi connectivity index (χ3v) is 3.68. The Labute approximate surface area is 101 Å². The molecule has 2 aromatic rings. The lowest BCUT2D eigenvalue weighted by atomic mass is 10.0. The molecule has 1 aromatic heterocycles. The molecule has 1 aliphatic carbocycles. The van der Waals surface area contributed by atoms with E-state index in [1.165, 1.54) is 16.5 Å². The smallest absolute Gasteiger partial charge is 0.0962 e. The molecule has 0 bridgehead atoms. The number of fused-ring (bicyclic) bond motifs is 2. The zero-order valence-electron chi connectivity index (χ0n) is 10.1. The molecule has 88 valence electrons. The Morgan fingerprint density at radius 3 is 3.06 bits per heavy atom. The highest BCUT2D eigenvalue weighted by molar-refractivity contribution is 5.83. The van der Waals surface area contributed by atoms with Gasteiger partial charge in [-0.2, -0.15) is 0 Å². The molecular weight excluding hydrogens is 210 g/mol. The van der Waals surface area contributed by atoms with E-state index >= 15 is 0 Å². The minimum Gasteiger partial charge on any atom is -0.387 e. The minimum atomic E-state index is -0.377. The van der Waals surface area contributed by atoms with Crippen LogP contribution in [0.25, 0.3) is 10.9 Å². The Balaban J connectivity index is 2.26. The predicted molar refractivity (Wildman–Crippen MR) is 69.0 cm³/mol. The van der Waals surface area contributed by atoms with Crippen LogP contribution in [-0.2, 0) is 6.42 Å². The van der Waals surface area contributed by atoms with Gasteiger partial charge in [0.25, 0.3) is 0 Å². The first kappa shape index (κ1) is 10.7. The molecule has 0 saturated heterocycles. The molecule has 2 heteroatoms. The fraction of sp³-hybridized carbons (Fsp3) is 0.400. The van der Waals surface area contributed by atoms with Gasteiger partial charge in [-0.1, -0.05) is 18.6 Å². The van der Waals surface area contributed by atoms with Crippen LogP contribution < -0.4 is 0 Å². The summed E-state index contributed by atoms with van der Waals surface area (Å²) >= 11 is 0. The van der Waals surface area contributed by atoms with Gasteiger partial charge in [0.2, 0.25) is 0 Å². The van der Waals surface area contributed by atoms with E-state index in [1.807, 2.05) is 12.1 Å². The van der Waals surface area contributed by atoms with E-state index in [-0.39, 0.29) is 6.10 Å². The fourth-order valence-electron chi connectivity index (χ4n) is 2.68. The van der Waals surface area contributed by atoms with Crippen molar-refractivity contribution in [2.75, 3.05) is 0 Å². The summed E-state index contributed by atoms with van der Waals surface area (Å²) in [6.45, 7) is 2.11. The Morgan fingerprint density at radius 2 is 2.18 bits per heavy atom. The summed E-state index contributed by atoms with van der Waals surface area (Å²) in [5, 5.41) is 11.3. The van der Waals surface area contributed by atoms with Crippen LogP contribution in [0, 0.1) is 6.92 Å². The number of aliphatic hydroxyl groups excluding tert-OH is 1. The van der Waals surface area contributed by atoms with Gasteiger partial charge < -0.3 is 5.11 Å². The maximum Gasteiger partial charge on any atom is 0.0962 e. The average molecular weight is 227 g/mol. The molecule has 1 N–H and O–H groups in total. The highest BCUT2D eigenvalue weighted by Gasteiger charge is 2.18. The summed E-state index contributed by atoms with van der Waals surface area (Å²) in [6.07, 6.45) is 3.76. The quantitative estimate of drug-likeness (QED) is 0.700. The first-order valence-electron chi connectivity index (χ1n) is 6.33. The molecule has 0 fully saturated rings. The standard InChI is InChI=1S/C15H17NO/c1-10-5-4-7-13-12(10)9-11-6-2-3-8-14(17)15(11)16-13/h4-5,7,9,14,17H,2-3,6,8H2,1H3. The van der Waals surface area contributed by atoms with Crippen LogP contribution in [0.2, 0.25) is 0 Å². The number of pyridine rings is 1. The molecule has 1 heterocycles. The van der Waals surface area contributed by atoms with Crippen LogP contribution in [0.15, 0.2) is 24.3 Å². The molecule has 3 rings (SSSR count). The molecule has 1 atom stereocenters. The van der Waals surface area contributed by atoms with Gasteiger partial charge in [-0.05, 0) is 49.4 Å². The number of aryl methyl sites for hydroxylation is 2. The molecule has 1 aromatic carbocycles. The highest BCUT2D eigenvalue weighted by atomic mass is 16.3. The monoisotopic (exact) mass is 227 g/mol. The molecule has 1 unspecified atom stereocenters. The van der Waals surface area contributed by atoms with E-state index in [1.54, 1.807) is 0 Å². The van der Waals surface area contributed by atoms with Gasteiger partial charge in [0, 0.05) is 5.39 Å². The van der Waals surface area contributed by atoms with Crippen molar-refractivity contribution in [2.45, 2.75) is 38.7 Å². The second kappa shape index (κ2) is 4.11. The molecule has 0 saturated carbocycles. The first-order chi connectivity index (χ1) is 8.25. The van der Waals surface area contributed by atoms with Crippen LogP contribution in [0.1, 0.15) is 42.2 Å². The summed E-state index contributed by atoms with van der Waals surface area (Å²) < 4.78 is 0. The number of nitrogens with zero attached hydrogens (tertiary/aromatic N) is 1. The summed E-state index contributed by atoms with van der Waals surface area (Å²) in [5.74, 6) is 0. The molecule has 1 aliphatic rings. The van der Waals surface area contributed by atoms with Gasteiger partial charge in [0.1, 0.15) is 0 Å². The Bertz CT molecular complexity index is 562. The van der Waals surface area contributed by atoms with Crippen molar-refractivity contribution in [1.29, 1.82) is 0 Å². The molecule has 0 spiro atoms. The number of aromatic nitrogens is 1. The van der Waals surface area contributed by atoms with E-state index in [2.05, 4.69) is 24.0 Å². The first-order valence-corrected chi connectivity index (χ1v) is 6.33. The number of hydrogen-bond donors (Lipinski definition) is 1. The lowest BCUT2D eigenvalue weighted by Gasteiger charge is -2.12. The van der Waals surface area contributed by atoms with Crippen molar-refractivity contribution in [3.63, 3.8) is 0 Å². The van der Waals surface area contributed by atoms with E-state index < -0.39 is 0 Å². The van der Waals surface area contributed by atoms with Gasteiger partial charge in [-0.3, -0.25) is 0 Å². The molecular formula is C15H17NO. The minimum absolute atomic E-state index is 0.377. The van der Waals surface area contributed by atoms with Crippen LogP contribution in [0.3, 0.4) is 0 Å². The second-order valence-electron chi connectivity index (χ2n) is 4.94. The molecule has 0 amide bonds. The highest BCUT2D eigenvalue weighted by Crippen LogP contribution is 2.30. The van der Waals surface area contributed by atoms with Crippen LogP contribution in [0.5, 0.6) is 0 Å². The van der Waals surface area contributed by atoms with Gasteiger partial charge in [-0.25, -0.2) is 4.98 Å². The van der Waals surface area contributed by atoms with E-state index in [4.69, 9.17) is 0 Å². The summed E-state index contributed by atoms with van der Waals surface area (Å²) in [5.41, 5.74) is 4.40. The van der Waals surface area contributed by atoms with Gasteiger partial charge in [-0.15, -0.1) is 0 Å². The largest absolute Gasteiger partial charge is 0.387 e. The van der Waals surface area contributed by atoms with Crippen molar-refractivity contribution in [3.05, 3.63) is 41.1 Å². The topological polar surface area (TPSA) is 33.1 Å². The Kier molecular flexibility index (Phi) is 2.60. The maximum absolute atomic E-state index is 10.1. The Morgan fingerprint density at radius 1 is 1.29 bits per heavy atom. The van der Waals surface area contributed by atoms with E-state index in [0.717, 1.165) is 36.9 Å². The third kappa shape index (κ3) is 1.83. The molecule has 0 aliphatic heterocycles. The number of aliphatic hydroxyl groups is 1.